The minimum absolute atomic E-state index is 0.0298. The first-order valence-electron chi connectivity index (χ1n) is 5.96. The van der Waals surface area contributed by atoms with Gasteiger partial charge in [-0.25, -0.2) is 8.42 Å². The van der Waals surface area contributed by atoms with Crippen LogP contribution in [0.4, 0.5) is 17.3 Å². The molecule has 0 spiro atoms. The van der Waals surface area contributed by atoms with Crippen molar-refractivity contribution in [2.24, 2.45) is 0 Å². The standard InChI is InChI=1S/C12H12Cl2N4O2S/c1-2-21(19,20)18-12-6-5-11(16-17-12)15-8-3-4-9(13)10(14)7-8/h3-7H,2H2,1H3,(H,15,16)(H,17,18). The SMILES string of the molecule is CCS(=O)(=O)Nc1ccc(Nc2ccc(Cl)c(Cl)c2)nn1. The molecule has 0 amide bonds. The first-order chi connectivity index (χ1) is 9.89. The second kappa shape index (κ2) is 6.46. The second-order valence-electron chi connectivity index (χ2n) is 4.06. The number of aromatic nitrogens is 2. The van der Waals surface area contributed by atoms with E-state index in [0.29, 0.717) is 21.6 Å². The quantitative estimate of drug-likeness (QED) is 0.867. The topological polar surface area (TPSA) is 84.0 Å². The van der Waals surface area contributed by atoms with E-state index in [-0.39, 0.29) is 11.6 Å². The molecule has 2 N–H and O–H groups in total. The zero-order valence-corrected chi connectivity index (χ0v) is 13.3. The van der Waals surface area contributed by atoms with E-state index in [1.807, 2.05) is 0 Å². The van der Waals surface area contributed by atoms with E-state index in [1.165, 1.54) is 13.0 Å². The number of sulfonamides is 1. The fourth-order valence-electron chi connectivity index (χ4n) is 1.41. The number of nitrogens with one attached hydrogen (secondary N) is 2. The van der Waals surface area contributed by atoms with Crippen LogP contribution in [0.3, 0.4) is 0 Å². The van der Waals surface area contributed by atoms with E-state index in [2.05, 4.69) is 20.2 Å². The Labute approximate surface area is 132 Å². The van der Waals surface area contributed by atoms with Gasteiger partial charge >= 0.3 is 0 Å². The van der Waals surface area contributed by atoms with Gasteiger partial charge in [0.05, 0.1) is 15.8 Å². The van der Waals surface area contributed by atoms with Crippen molar-refractivity contribution < 1.29 is 8.42 Å². The predicted molar refractivity (Wildman–Crippen MR) is 84.9 cm³/mol. The fraction of sp³-hybridized carbons (Fsp3) is 0.167. The highest BCUT2D eigenvalue weighted by Gasteiger charge is 2.08. The molecule has 0 radical (unpaired) electrons. The molecular formula is C12H12Cl2N4O2S. The molecule has 112 valence electrons. The lowest BCUT2D eigenvalue weighted by Gasteiger charge is -2.07. The van der Waals surface area contributed by atoms with Gasteiger partial charge in [-0.2, -0.15) is 0 Å². The zero-order chi connectivity index (χ0) is 15.5. The number of halogens is 2. The molecule has 0 atom stereocenters. The minimum atomic E-state index is -3.36. The third kappa shape index (κ3) is 4.45. The van der Waals surface area contributed by atoms with Crippen molar-refractivity contribution in [3.8, 4) is 0 Å². The summed E-state index contributed by atoms with van der Waals surface area (Å²) in [5.74, 6) is 0.585. The van der Waals surface area contributed by atoms with Gasteiger partial charge < -0.3 is 5.32 Å². The summed E-state index contributed by atoms with van der Waals surface area (Å²) in [6.07, 6.45) is 0. The van der Waals surface area contributed by atoms with Crippen molar-refractivity contribution in [1.29, 1.82) is 0 Å². The number of nitrogens with zero attached hydrogens (tertiary/aromatic N) is 2. The van der Waals surface area contributed by atoms with Crippen molar-refractivity contribution in [2.45, 2.75) is 6.92 Å². The summed E-state index contributed by atoms with van der Waals surface area (Å²) in [4.78, 5) is 0. The maximum atomic E-state index is 11.4. The van der Waals surface area contributed by atoms with Crippen LogP contribution in [0, 0.1) is 0 Å². The molecule has 0 aliphatic heterocycles. The third-order valence-electron chi connectivity index (χ3n) is 2.50. The molecule has 0 saturated heterocycles. The molecule has 6 nitrogen and oxygen atoms in total. The number of hydrogen-bond donors (Lipinski definition) is 2. The molecule has 9 heteroatoms. The third-order valence-corrected chi connectivity index (χ3v) is 4.52. The molecule has 1 aromatic heterocycles. The molecule has 21 heavy (non-hydrogen) atoms. The molecule has 0 fully saturated rings. The van der Waals surface area contributed by atoms with Crippen molar-refractivity contribution in [3.63, 3.8) is 0 Å². The van der Waals surface area contributed by atoms with Gasteiger partial charge in [0.15, 0.2) is 11.6 Å². The first-order valence-corrected chi connectivity index (χ1v) is 8.37. The molecule has 0 saturated carbocycles. The molecule has 0 bridgehead atoms. The van der Waals surface area contributed by atoms with Crippen LogP contribution in [0.5, 0.6) is 0 Å². The molecule has 0 aliphatic carbocycles. The van der Waals surface area contributed by atoms with Gasteiger partial charge in [0.25, 0.3) is 0 Å². The Morgan fingerprint density at radius 1 is 1.05 bits per heavy atom. The average Bonchev–Trinajstić information content (AvgIpc) is 2.45. The second-order valence-corrected chi connectivity index (χ2v) is 6.89. The van der Waals surface area contributed by atoms with Crippen LogP contribution in [-0.2, 0) is 10.0 Å². The Hall–Kier alpha value is -1.57. The predicted octanol–water partition coefficient (Wildman–Crippen LogP) is 3.29. The Morgan fingerprint density at radius 3 is 2.29 bits per heavy atom. The summed E-state index contributed by atoms with van der Waals surface area (Å²) in [6, 6.07) is 8.16. The van der Waals surface area contributed by atoms with Gasteiger partial charge in [0, 0.05) is 5.69 Å². The normalized spacial score (nSPS) is 11.2. The number of anilines is 3. The van der Waals surface area contributed by atoms with Gasteiger partial charge in [-0.05, 0) is 37.3 Å². The number of hydrogen-bond acceptors (Lipinski definition) is 5. The average molecular weight is 347 g/mol. The largest absolute Gasteiger partial charge is 0.339 e. The maximum absolute atomic E-state index is 11.4. The van der Waals surface area contributed by atoms with Crippen molar-refractivity contribution in [1.82, 2.24) is 10.2 Å². The molecule has 0 unspecified atom stereocenters. The first kappa shape index (κ1) is 15.8. The minimum Gasteiger partial charge on any atom is -0.339 e. The van der Waals surface area contributed by atoms with Crippen LogP contribution in [0.2, 0.25) is 10.0 Å². The van der Waals surface area contributed by atoms with Crippen LogP contribution in [0.1, 0.15) is 6.92 Å². The van der Waals surface area contributed by atoms with Crippen LogP contribution in [-0.4, -0.2) is 24.4 Å². The van der Waals surface area contributed by atoms with Gasteiger partial charge in [-0.15, -0.1) is 10.2 Å². The summed E-state index contributed by atoms with van der Waals surface area (Å²) >= 11 is 11.7. The molecule has 2 aromatic rings. The number of benzene rings is 1. The summed E-state index contributed by atoms with van der Waals surface area (Å²) in [7, 11) is -3.36. The van der Waals surface area contributed by atoms with Crippen LogP contribution >= 0.6 is 23.2 Å². The van der Waals surface area contributed by atoms with Crippen LogP contribution in [0.15, 0.2) is 30.3 Å². The van der Waals surface area contributed by atoms with E-state index in [0.717, 1.165) is 0 Å². The molecular weight excluding hydrogens is 335 g/mol. The smallest absolute Gasteiger partial charge is 0.233 e. The Balaban J connectivity index is 2.10. The van der Waals surface area contributed by atoms with Gasteiger partial charge in [-0.3, -0.25) is 4.72 Å². The van der Waals surface area contributed by atoms with Crippen molar-refractivity contribution in [3.05, 3.63) is 40.4 Å². The maximum Gasteiger partial charge on any atom is 0.233 e. The molecule has 2 rings (SSSR count). The van der Waals surface area contributed by atoms with E-state index < -0.39 is 10.0 Å². The van der Waals surface area contributed by atoms with Crippen LogP contribution < -0.4 is 10.0 Å². The highest BCUT2D eigenvalue weighted by Crippen LogP contribution is 2.26. The lowest BCUT2D eigenvalue weighted by atomic mass is 10.3. The molecule has 0 aliphatic rings. The summed E-state index contributed by atoms with van der Waals surface area (Å²) in [6.45, 7) is 1.54. The lowest BCUT2D eigenvalue weighted by molar-refractivity contribution is 0.602. The summed E-state index contributed by atoms with van der Waals surface area (Å²) in [5.41, 5.74) is 0.695. The molecule has 1 aromatic carbocycles. The Bertz CT molecular complexity index is 735. The van der Waals surface area contributed by atoms with Crippen molar-refractivity contribution >= 4 is 50.5 Å². The zero-order valence-electron chi connectivity index (χ0n) is 11.0. The summed E-state index contributed by atoms with van der Waals surface area (Å²) < 4.78 is 25.1. The summed E-state index contributed by atoms with van der Waals surface area (Å²) in [5, 5.41) is 11.5. The fourth-order valence-corrected chi connectivity index (χ4v) is 2.28. The lowest BCUT2D eigenvalue weighted by Crippen LogP contribution is -2.15. The van der Waals surface area contributed by atoms with E-state index >= 15 is 0 Å². The van der Waals surface area contributed by atoms with Gasteiger partial charge in [0.1, 0.15) is 0 Å². The van der Waals surface area contributed by atoms with Gasteiger partial charge in [-0.1, -0.05) is 23.2 Å². The Kier molecular flexibility index (Phi) is 4.87. The number of rotatable bonds is 5. The molecule has 1 heterocycles. The van der Waals surface area contributed by atoms with E-state index in [1.54, 1.807) is 24.3 Å². The van der Waals surface area contributed by atoms with Crippen LogP contribution in [0.25, 0.3) is 0 Å². The van der Waals surface area contributed by atoms with E-state index in [4.69, 9.17) is 23.2 Å². The van der Waals surface area contributed by atoms with E-state index in [9.17, 15) is 8.42 Å². The van der Waals surface area contributed by atoms with Gasteiger partial charge in [0.2, 0.25) is 10.0 Å². The monoisotopic (exact) mass is 346 g/mol. The highest BCUT2D eigenvalue weighted by atomic mass is 35.5. The Morgan fingerprint density at radius 2 is 1.71 bits per heavy atom. The highest BCUT2D eigenvalue weighted by molar-refractivity contribution is 7.92. The van der Waals surface area contributed by atoms with Crippen molar-refractivity contribution in [2.75, 3.05) is 15.8 Å².